The molecule has 2 atom stereocenters. The van der Waals surface area contributed by atoms with Crippen LogP contribution in [0.25, 0.3) is 0 Å². The summed E-state index contributed by atoms with van der Waals surface area (Å²) < 4.78 is 10.6. The van der Waals surface area contributed by atoms with Gasteiger partial charge in [-0.3, -0.25) is 0 Å². The lowest BCUT2D eigenvalue weighted by Crippen LogP contribution is -2.50. The summed E-state index contributed by atoms with van der Waals surface area (Å²) in [6, 6.07) is 18.7. The lowest BCUT2D eigenvalue weighted by atomic mass is 9.85. The fourth-order valence-electron chi connectivity index (χ4n) is 4.12. The normalized spacial score (nSPS) is 17.8. The number of ether oxygens (including phenoxy) is 2. The number of aromatic nitrogens is 1. The molecule has 1 aliphatic heterocycles. The third-order valence-corrected chi connectivity index (χ3v) is 6.12. The summed E-state index contributed by atoms with van der Waals surface area (Å²) in [6.07, 6.45) is 2.54. The number of halogens is 1. The maximum absolute atomic E-state index is 12.8. The van der Waals surface area contributed by atoms with Crippen LogP contribution in [0.2, 0.25) is 5.02 Å². The van der Waals surface area contributed by atoms with Crippen molar-refractivity contribution in [2.75, 3.05) is 37.5 Å². The van der Waals surface area contributed by atoms with Crippen LogP contribution in [0.4, 0.5) is 16.2 Å². The van der Waals surface area contributed by atoms with Crippen LogP contribution in [0.1, 0.15) is 17.9 Å². The van der Waals surface area contributed by atoms with Crippen molar-refractivity contribution in [2.45, 2.75) is 18.4 Å². The van der Waals surface area contributed by atoms with Crippen LogP contribution in [0.3, 0.4) is 0 Å². The molecular formula is C25H27ClN4O3. The molecule has 1 aromatic heterocycles. The smallest absolute Gasteiger partial charge is 0.319 e. The Morgan fingerprint density at radius 1 is 1.06 bits per heavy atom. The van der Waals surface area contributed by atoms with Crippen molar-refractivity contribution in [2.24, 2.45) is 0 Å². The van der Waals surface area contributed by atoms with Crippen LogP contribution in [-0.4, -0.2) is 44.4 Å². The second kappa shape index (κ2) is 10.4. The number of urea groups is 1. The summed E-state index contributed by atoms with van der Waals surface area (Å²) in [4.78, 5) is 19.3. The number of methoxy groups -OCH3 is 2. The zero-order valence-electron chi connectivity index (χ0n) is 18.6. The van der Waals surface area contributed by atoms with Crippen molar-refractivity contribution in [3.05, 3.63) is 77.4 Å². The van der Waals surface area contributed by atoms with E-state index in [0.29, 0.717) is 16.6 Å². The molecule has 7 nitrogen and oxygen atoms in total. The molecule has 2 unspecified atom stereocenters. The minimum atomic E-state index is -0.236. The van der Waals surface area contributed by atoms with Crippen molar-refractivity contribution < 1.29 is 14.3 Å². The van der Waals surface area contributed by atoms with E-state index in [1.54, 1.807) is 44.7 Å². The molecule has 2 heterocycles. The van der Waals surface area contributed by atoms with Crippen molar-refractivity contribution in [1.29, 1.82) is 0 Å². The van der Waals surface area contributed by atoms with E-state index in [4.69, 9.17) is 21.1 Å². The number of hydrogen-bond donors (Lipinski definition) is 2. The number of nitrogens with one attached hydrogen (secondary N) is 2. The number of hydrogen-bond acceptors (Lipinski definition) is 5. The highest BCUT2D eigenvalue weighted by Crippen LogP contribution is 2.32. The lowest BCUT2D eigenvalue weighted by molar-refractivity contribution is 0.243. The van der Waals surface area contributed by atoms with Gasteiger partial charge in [-0.05, 0) is 54.4 Å². The Morgan fingerprint density at radius 3 is 2.52 bits per heavy atom. The standard InChI is InChI=1S/C25H27ClN4O3/c1-32-21-9-3-17(4-10-21)22-16-30(20-11-13-27-24(15-20)33-2)14-12-23(22)29-25(31)28-19-7-5-18(26)6-8-19/h3-11,13,15,22-23H,12,14,16H2,1-2H3,(H2,28,29,31). The van der Waals surface area contributed by atoms with Gasteiger partial charge in [0.15, 0.2) is 0 Å². The zero-order chi connectivity index (χ0) is 23.2. The Bertz CT molecular complexity index is 1080. The summed E-state index contributed by atoms with van der Waals surface area (Å²) in [5.41, 5.74) is 2.88. The van der Waals surface area contributed by atoms with E-state index in [-0.39, 0.29) is 18.0 Å². The number of carbonyl (C=O) groups is 1. The Hall–Kier alpha value is -3.45. The quantitative estimate of drug-likeness (QED) is 0.538. The Kier molecular flexibility index (Phi) is 7.19. The summed E-state index contributed by atoms with van der Waals surface area (Å²) in [6.45, 7) is 1.54. The second-order valence-electron chi connectivity index (χ2n) is 7.88. The molecule has 1 saturated heterocycles. The number of pyridine rings is 1. The molecule has 33 heavy (non-hydrogen) atoms. The van der Waals surface area contributed by atoms with Crippen LogP contribution in [-0.2, 0) is 0 Å². The topological polar surface area (TPSA) is 75.7 Å². The van der Waals surface area contributed by atoms with Gasteiger partial charge in [-0.15, -0.1) is 0 Å². The van der Waals surface area contributed by atoms with Crippen LogP contribution in [0, 0.1) is 0 Å². The molecule has 4 rings (SSSR count). The molecule has 2 amide bonds. The Morgan fingerprint density at radius 2 is 1.82 bits per heavy atom. The predicted octanol–water partition coefficient (Wildman–Crippen LogP) is 4.94. The summed E-state index contributed by atoms with van der Waals surface area (Å²) in [5, 5.41) is 6.70. The SMILES string of the molecule is COc1ccc(C2CN(c3ccnc(OC)c3)CCC2NC(=O)Nc2ccc(Cl)cc2)cc1. The highest BCUT2D eigenvalue weighted by Gasteiger charge is 2.32. The van der Waals surface area contributed by atoms with Crippen molar-refractivity contribution in [3.8, 4) is 11.6 Å². The lowest BCUT2D eigenvalue weighted by Gasteiger charge is -2.40. The van der Waals surface area contributed by atoms with Crippen molar-refractivity contribution in [1.82, 2.24) is 10.3 Å². The molecule has 2 N–H and O–H groups in total. The van der Waals surface area contributed by atoms with E-state index in [0.717, 1.165) is 36.5 Å². The van der Waals surface area contributed by atoms with Crippen LogP contribution in [0.5, 0.6) is 11.6 Å². The van der Waals surface area contributed by atoms with E-state index < -0.39 is 0 Å². The fraction of sp³-hybridized carbons (Fsp3) is 0.280. The molecule has 0 aliphatic carbocycles. The van der Waals surface area contributed by atoms with E-state index in [1.807, 2.05) is 24.3 Å². The molecule has 1 aliphatic rings. The maximum Gasteiger partial charge on any atom is 0.319 e. The van der Waals surface area contributed by atoms with E-state index in [2.05, 4.69) is 32.7 Å². The fourth-order valence-corrected chi connectivity index (χ4v) is 4.25. The van der Waals surface area contributed by atoms with Crippen LogP contribution < -0.4 is 25.0 Å². The average molecular weight is 467 g/mol. The number of nitrogens with zero attached hydrogens (tertiary/aromatic N) is 2. The molecule has 0 radical (unpaired) electrons. The van der Waals surface area contributed by atoms with Gasteiger partial charge in [0.05, 0.1) is 14.2 Å². The molecule has 0 spiro atoms. The molecule has 1 fully saturated rings. The third-order valence-electron chi connectivity index (χ3n) is 5.87. The first kappa shape index (κ1) is 22.7. The first-order valence-corrected chi connectivity index (χ1v) is 11.2. The Labute approximate surface area is 198 Å². The predicted molar refractivity (Wildman–Crippen MR) is 131 cm³/mol. The van der Waals surface area contributed by atoms with Crippen molar-refractivity contribution >= 4 is 29.0 Å². The molecule has 172 valence electrons. The van der Waals surface area contributed by atoms with Crippen LogP contribution in [0.15, 0.2) is 66.9 Å². The second-order valence-corrected chi connectivity index (χ2v) is 8.32. The molecule has 2 aromatic carbocycles. The number of anilines is 2. The first-order chi connectivity index (χ1) is 16.1. The van der Waals surface area contributed by atoms with E-state index >= 15 is 0 Å². The van der Waals surface area contributed by atoms with Crippen molar-refractivity contribution in [3.63, 3.8) is 0 Å². The number of amides is 2. The van der Waals surface area contributed by atoms with Crippen LogP contribution >= 0.6 is 11.6 Å². The molecular weight excluding hydrogens is 440 g/mol. The summed E-state index contributed by atoms with van der Waals surface area (Å²) in [5.74, 6) is 1.46. The average Bonchev–Trinajstić information content (AvgIpc) is 2.86. The molecule has 0 saturated carbocycles. The maximum atomic E-state index is 12.8. The number of rotatable bonds is 6. The monoisotopic (exact) mass is 466 g/mol. The van der Waals surface area contributed by atoms with Gasteiger partial charge in [0, 0.05) is 53.7 Å². The summed E-state index contributed by atoms with van der Waals surface area (Å²) >= 11 is 5.94. The van der Waals surface area contributed by atoms with Gasteiger partial charge in [-0.25, -0.2) is 9.78 Å². The summed E-state index contributed by atoms with van der Waals surface area (Å²) in [7, 11) is 3.27. The van der Waals surface area contributed by atoms with Gasteiger partial charge in [0.1, 0.15) is 5.75 Å². The van der Waals surface area contributed by atoms with E-state index in [1.165, 1.54) is 0 Å². The van der Waals surface area contributed by atoms with Gasteiger partial charge in [0.2, 0.25) is 5.88 Å². The molecule has 0 bridgehead atoms. The van der Waals surface area contributed by atoms with Gasteiger partial charge in [-0.1, -0.05) is 23.7 Å². The molecule has 8 heteroatoms. The minimum Gasteiger partial charge on any atom is -0.497 e. The Balaban J connectivity index is 1.53. The van der Waals surface area contributed by atoms with Gasteiger partial charge in [0.25, 0.3) is 0 Å². The largest absolute Gasteiger partial charge is 0.497 e. The minimum absolute atomic E-state index is 0.0364. The van der Waals surface area contributed by atoms with Gasteiger partial charge in [-0.2, -0.15) is 0 Å². The number of piperidine rings is 1. The highest BCUT2D eigenvalue weighted by atomic mass is 35.5. The van der Waals surface area contributed by atoms with Gasteiger partial charge < -0.3 is 25.0 Å². The highest BCUT2D eigenvalue weighted by molar-refractivity contribution is 6.30. The molecule has 3 aromatic rings. The third kappa shape index (κ3) is 5.68. The van der Waals surface area contributed by atoms with E-state index in [9.17, 15) is 4.79 Å². The number of benzene rings is 2. The van der Waals surface area contributed by atoms with Gasteiger partial charge >= 0.3 is 6.03 Å². The first-order valence-electron chi connectivity index (χ1n) is 10.8. The zero-order valence-corrected chi connectivity index (χ0v) is 19.4. The number of carbonyl (C=O) groups excluding carboxylic acids is 1.